The van der Waals surface area contributed by atoms with Crippen LogP contribution in [-0.2, 0) is 16.6 Å². The van der Waals surface area contributed by atoms with E-state index in [0.717, 1.165) is 11.1 Å². The maximum Gasteiger partial charge on any atom is 0.243 e. The van der Waals surface area contributed by atoms with E-state index in [-0.39, 0.29) is 17.3 Å². The summed E-state index contributed by atoms with van der Waals surface area (Å²) in [5.41, 5.74) is 3.14. The number of hydrogen-bond donors (Lipinski definition) is 0. The van der Waals surface area contributed by atoms with Crippen LogP contribution in [0.1, 0.15) is 22.6 Å². The predicted octanol–water partition coefficient (Wildman–Crippen LogP) is 3.49. The van der Waals surface area contributed by atoms with Crippen LogP contribution in [0, 0.1) is 20.8 Å². The Hall–Kier alpha value is -2.71. The molecule has 0 saturated heterocycles. The van der Waals surface area contributed by atoms with Gasteiger partial charge in [-0.05, 0) is 50.1 Å². The van der Waals surface area contributed by atoms with Crippen LogP contribution in [0.5, 0.6) is 5.75 Å². The van der Waals surface area contributed by atoms with Gasteiger partial charge in [0, 0.05) is 12.6 Å². The summed E-state index contributed by atoms with van der Waals surface area (Å²) in [6, 6.07) is 11.1. The molecule has 0 unspecified atom stereocenters. The Balaban J connectivity index is 1.86. The third-order valence-electron chi connectivity index (χ3n) is 4.44. The molecule has 8 heteroatoms. The first-order valence-electron chi connectivity index (χ1n) is 8.73. The van der Waals surface area contributed by atoms with E-state index in [1.54, 1.807) is 33.1 Å². The lowest BCUT2D eigenvalue weighted by atomic mass is 10.1. The van der Waals surface area contributed by atoms with Crippen LogP contribution in [0.25, 0.3) is 11.4 Å². The van der Waals surface area contributed by atoms with Gasteiger partial charge >= 0.3 is 0 Å². The highest BCUT2D eigenvalue weighted by atomic mass is 32.2. The minimum Gasteiger partial charge on any atom is -0.497 e. The van der Waals surface area contributed by atoms with Crippen molar-refractivity contribution in [2.45, 2.75) is 32.2 Å². The Kier molecular flexibility index (Phi) is 5.53. The topological polar surface area (TPSA) is 85.5 Å². The number of hydrogen-bond acceptors (Lipinski definition) is 6. The van der Waals surface area contributed by atoms with Gasteiger partial charge in [-0.15, -0.1) is 0 Å². The molecule has 0 fully saturated rings. The summed E-state index contributed by atoms with van der Waals surface area (Å²) in [5, 5.41) is 3.97. The summed E-state index contributed by atoms with van der Waals surface area (Å²) < 4.78 is 37.9. The van der Waals surface area contributed by atoms with E-state index in [9.17, 15) is 8.42 Å². The lowest BCUT2D eigenvalue weighted by Crippen LogP contribution is -2.28. The first kappa shape index (κ1) is 20.0. The standard InChI is InChI=1S/C20H23N3O4S/c1-13-7-6-8-16(9-13)20-21-18(27-22-20)12-23(4)28(24,25)19-14(2)10-17(26-5)11-15(19)3/h6-11H,12H2,1-5H3. The van der Waals surface area contributed by atoms with Gasteiger partial charge in [0.15, 0.2) is 0 Å². The normalized spacial score (nSPS) is 11.8. The van der Waals surface area contributed by atoms with Crippen molar-refractivity contribution in [3.05, 3.63) is 59.0 Å². The van der Waals surface area contributed by atoms with E-state index in [2.05, 4.69) is 10.1 Å². The highest BCUT2D eigenvalue weighted by Crippen LogP contribution is 2.28. The number of sulfonamides is 1. The second-order valence-electron chi connectivity index (χ2n) is 6.73. The average Bonchev–Trinajstić information content (AvgIpc) is 3.09. The maximum absolute atomic E-state index is 13.1. The minimum atomic E-state index is -3.74. The molecule has 0 N–H and O–H groups in total. The van der Waals surface area contributed by atoms with Gasteiger partial charge in [-0.1, -0.05) is 28.9 Å². The van der Waals surface area contributed by atoms with E-state index in [1.807, 2.05) is 31.2 Å². The van der Waals surface area contributed by atoms with E-state index in [0.29, 0.717) is 22.7 Å². The molecule has 3 rings (SSSR count). The Morgan fingerprint density at radius 1 is 1.11 bits per heavy atom. The van der Waals surface area contributed by atoms with Crippen molar-refractivity contribution in [2.75, 3.05) is 14.2 Å². The van der Waals surface area contributed by atoms with Crippen molar-refractivity contribution in [2.24, 2.45) is 0 Å². The quantitative estimate of drug-likeness (QED) is 0.628. The number of nitrogens with zero attached hydrogens (tertiary/aromatic N) is 3. The molecule has 1 heterocycles. The van der Waals surface area contributed by atoms with Crippen molar-refractivity contribution in [1.82, 2.24) is 14.4 Å². The van der Waals surface area contributed by atoms with Gasteiger partial charge in [0.05, 0.1) is 18.6 Å². The second kappa shape index (κ2) is 7.73. The molecule has 0 bridgehead atoms. The van der Waals surface area contributed by atoms with Gasteiger partial charge in [-0.25, -0.2) is 8.42 Å². The number of aromatic nitrogens is 2. The van der Waals surface area contributed by atoms with Crippen LogP contribution < -0.4 is 4.74 Å². The minimum absolute atomic E-state index is 0.0218. The lowest BCUT2D eigenvalue weighted by Gasteiger charge is -2.19. The van der Waals surface area contributed by atoms with E-state index in [4.69, 9.17) is 9.26 Å². The Bertz CT molecular complexity index is 1080. The molecule has 3 aromatic rings. The monoisotopic (exact) mass is 401 g/mol. The number of benzene rings is 2. The zero-order valence-electron chi connectivity index (χ0n) is 16.6. The SMILES string of the molecule is COc1cc(C)c(S(=O)(=O)N(C)Cc2nc(-c3cccc(C)c3)no2)c(C)c1. The summed E-state index contributed by atoms with van der Waals surface area (Å²) in [7, 11) is -0.689. The van der Waals surface area contributed by atoms with Crippen molar-refractivity contribution in [3.8, 4) is 17.1 Å². The molecule has 0 spiro atoms. The molecular weight excluding hydrogens is 378 g/mol. The summed E-state index contributed by atoms with van der Waals surface area (Å²) in [6.45, 7) is 5.45. The molecule has 1 aromatic heterocycles. The highest BCUT2D eigenvalue weighted by Gasteiger charge is 2.27. The smallest absolute Gasteiger partial charge is 0.243 e. The van der Waals surface area contributed by atoms with Crippen molar-refractivity contribution in [3.63, 3.8) is 0 Å². The third kappa shape index (κ3) is 3.93. The summed E-state index contributed by atoms with van der Waals surface area (Å²) in [6.07, 6.45) is 0. The molecule has 0 amide bonds. The summed E-state index contributed by atoms with van der Waals surface area (Å²) >= 11 is 0. The zero-order chi connectivity index (χ0) is 20.5. The van der Waals surface area contributed by atoms with Crippen LogP contribution in [0.4, 0.5) is 0 Å². The van der Waals surface area contributed by atoms with E-state index in [1.165, 1.54) is 11.4 Å². The molecule has 0 aliphatic rings. The van der Waals surface area contributed by atoms with Crippen molar-refractivity contribution >= 4 is 10.0 Å². The van der Waals surface area contributed by atoms with Gasteiger partial charge in [0.1, 0.15) is 5.75 Å². The van der Waals surface area contributed by atoms with E-state index < -0.39 is 10.0 Å². The number of aryl methyl sites for hydroxylation is 3. The van der Waals surface area contributed by atoms with Crippen LogP contribution in [-0.4, -0.2) is 37.0 Å². The number of ether oxygens (including phenoxy) is 1. The molecule has 0 aliphatic carbocycles. The Morgan fingerprint density at radius 3 is 2.39 bits per heavy atom. The summed E-state index contributed by atoms with van der Waals surface area (Å²) in [4.78, 5) is 4.60. The third-order valence-corrected chi connectivity index (χ3v) is 6.55. The van der Waals surface area contributed by atoms with Crippen LogP contribution >= 0.6 is 0 Å². The predicted molar refractivity (Wildman–Crippen MR) is 106 cm³/mol. The van der Waals surface area contributed by atoms with Gasteiger partial charge in [-0.2, -0.15) is 9.29 Å². The van der Waals surface area contributed by atoms with Crippen LogP contribution in [0.2, 0.25) is 0 Å². The van der Waals surface area contributed by atoms with Gasteiger partial charge < -0.3 is 9.26 Å². The van der Waals surface area contributed by atoms with Gasteiger partial charge in [0.2, 0.25) is 21.7 Å². The van der Waals surface area contributed by atoms with Gasteiger partial charge in [-0.3, -0.25) is 0 Å². The largest absolute Gasteiger partial charge is 0.497 e. The summed E-state index contributed by atoms with van der Waals surface area (Å²) in [5.74, 6) is 1.28. The molecule has 0 atom stereocenters. The van der Waals surface area contributed by atoms with Crippen molar-refractivity contribution in [1.29, 1.82) is 0 Å². The fourth-order valence-corrected chi connectivity index (χ4v) is 4.61. The van der Waals surface area contributed by atoms with Crippen molar-refractivity contribution < 1.29 is 17.7 Å². The van der Waals surface area contributed by atoms with E-state index >= 15 is 0 Å². The molecule has 0 radical (unpaired) electrons. The molecule has 28 heavy (non-hydrogen) atoms. The molecule has 0 saturated carbocycles. The highest BCUT2D eigenvalue weighted by molar-refractivity contribution is 7.89. The first-order chi connectivity index (χ1) is 13.2. The first-order valence-corrected chi connectivity index (χ1v) is 10.2. The lowest BCUT2D eigenvalue weighted by molar-refractivity contribution is 0.336. The molecule has 2 aromatic carbocycles. The molecule has 7 nitrogen and oxygen atoms in total. The molecule has 148 valence electrons. The fraction of sp³-hybridized carbons (Fsp3) is 0.300. The van der Waals surface area contributed by atoms with Crippen LogP contribution in [0.3, 0.4) is 0 Å². The van der Waals surface area contributed by atoms with Crippen LogP contribution in [0.15, 0.2) is 45.8 Å². The van der Waals surface area contributed by atoms with Gasteiger partial charge in [0.25, 0.3) is 0 Å². The number of rotatable bonds is 6. The number of methoxy groups -OCH3 is 1. The fourth-order valence-electron chi connectivity index (χ4n) is 3.09. The maximum atomic E-state index is 13.1. The Labute approximate surface area is 165 Å². The zero-order valence-corrected chi connectivity index (χ0v) is 17.4. The average molecular weight is 401 g/mol. The second-order valence-corrected chi connectivity index (χ2v) is 8.71. The Morgan fingerprint density at radius 2 is 1.79 bits per heavy atom. The molecular formula is C20H23N3O4S. The molecule has 0 aliphatic heterocycles.